The molecule has 2 nitrogen and oxygen atoms in total. The van der Waals surface area contributed by atoms with E-state index < -0.39 is 5.54 Å². The lowest BCUT2D eigenvalue weighted by molar-refractivity contribution is 0.197. The second-order valence-corrected chi connectivity index (χ2v) is 5.52. The van der Waals surface area contributed by atoms with Crippen LogP contribution >= 0.6 is 0 Å². The minimum absolute atomic E-state index is 0.618. The second-order valence-electron chi connectivity index (χ2n) is 5.52. The van der Waals surface area contributed by atoms with Crippen molar-refractivity contribution in [2.75, 3.05) is 13.6 Å². The highest BCUT2D eigenvalue weighted by molar-refractivity contribution is 5.49. The third kappa shape index (κ3) is 3.97. The fraction of sp³-hybridized carbons (Fsp3) is 0.190. The monoisotopic (exact) mass is 302 g/mol. The highest BCUT2D eigenvalue weighted by Gasteiger charge is 2.35. The van der Waals surface area contributed by atoms with Crippen molar-refractivity contribution in [1.29, 1.82) is 5.26 Å². The fourth-order valence-electron chi connectivity index (χ4n) is 2.68. The smallest absolute Gasteiger partial charge is 0.138 e. The second kappa shape index (κ2) is 8.12. The Bertz CT molecular complexity index is 683. The Morgan fingerprint density at radius 3 is 2.26 bits per heavy atom. The van der Waals surface area contributed by atoms with Crippen molar-refractivity contribution in [2.45, 2.75) is 12.0 Å². The van der Waals surface area contributed by atoms with E-state index in [0.29, 0.717) is 13.0 Å². The molecule has 0 aliphatic rings. The topological polar surface area (TPSA) is 27.0 Å². The first-order chi connectivity index (χ1) is 11.2. The van der Waals surface area contributed by atoms with Crippen LogP contribution in [0.5, 0.6) is 0 Å². The third-order valence-corrected chi connectivity index (χ3v) is 4.01. The van der Waals surface area contributed by atoms with Gasteiger partial charge in [-0.15, -0.1) is 6.58 Å². The van der Waals surface area contributed by atoms with E-state index in [2.05, 4.69) is 36.9 Å². The molecule has 0 aliphatic heterocycles. The van der Waals surface area contributed by atoms with Gasteiger partial charge in [-0.25, -0.2) is 0 Å². The normalized spacial score (nSPS) is 13.6. The van der Waals surface area contributed by atoms with Crippen LogP contribution in [0.2, 0.25) is 0 Å². The molecule has 0 N–H and O–H groups in total. The van der Waals surface area contributed by atoms with Crippen molar-refractivity contribution in [3.63, 3.8) is 0 Å². The first-order valence-electron chi connectivity index (χ1n) is 7.73. The number of benzene rings is 2. The first-order valence-corrected chi connectivity index (χ1v) is 7.73. The molecule has 1 atom stereocenters. The van der Waals surface area contributed by atoms with E-state index in [9.17, 15) is 5.26 Å². The van der Waals surface area contributed by atoms with E-state index in [1.807, 2.05) is 66.6 Å². The van der Waals surface area contributed by atoms with Gasteiger partial charge in [0.2, 0.25) is 0 Å². The van der Waals surface area contributed by atoms with Gasteiger partial charge in [0.15, 0.2) is 0 Å². The Balaban J connectivity index is 2.32. The maximum absolute atomic E-state index is 9.96. The van der Waals surface area contributed by atoms with Gasteiger partial charge in [-0.05, 0) is 18.2 Å². The molecule has 2 rings (SSSR count). The molecule has 0 aromatic heterocycles. The van der Waals surface area contributed by atoms with E-state index in [0.717, 1.165) is 11.1 Å². The van der Waals surface area contributed by atoms with Gasteiger partial charge in [-0.1, -0.05) is 78.9 Å². The molecule has 0 spiro atoms. The number of rotatable bonds is 7. The maximum Gasteiger partial charge on any atom is 0.138 e. The number of likely N-dealkylation sites (N-methyl/N-ethyl adjacent to an activating group) is 1. The summed E-state index contributed by atoms with van der Waals surface area (Å²) in [5, 5.41) is 9.96. The van der Waals surface area contributed by atoms with Crippen molar-refractivity contribution in [3.05, 3.63) is 90.5 Å². The van der Waals surface area contributed by atoms with Gasteiger partial charge in [-0.3, -0.25) is 4.90 Å². The minimum atomic E-state index is -0.694. The van der Waals surface area contributed by atoms with E-state index in [1.165, 1.54) is 0 Å². The van der Waals surface area contributed by atoms with Crippen LogP contribution in [0.15, 0.2) is 79.4 Å². The minimum Gasteiger partial charge on any atom is -0.281 e. The summed E-state index contributed by atoms with van der Waals surface area (Å²) in [4.78, 5) is 2.05. The highest BCUT2D eigenvalue weighted by Crippen LogP contribution is 2.31. The van der Waals surface area contributed by atoms with Crippen LogP contribution in [0.1, 0.15) is 17.5 Å². The zero-order valence-electron chi connectivity index (χ0n) is 13.5. The van der Waals surface area contributed by atoms with Crippen molar-refractivity contribution >= 4 is 6.08 Å². The standard InChI is InChI=1S/C21H22N2/c1-3-17-23(2)21(18-22,20-14-8-5-9-15-20)16-10-13-19-11-6-4-7-12-19/h3-15H,1,16-17H2,2H3. The van der Waals surface area contributed by atoms with Gasteiger partial charge in [0.25, 0.3) is 0 Å². The van der Waals surface area contributed by atoms with Gasteiger partial charge in [0.05, 0.1) is 6.07 Å². The maximum atomic E-state index is 9.96. The lowest BCUT2D eigenvalue weighted by atomic mass is 9.86. The summed E-state index contributed by atoms with van der Waals surface area (Å²) in [6, 6.07) is 22.6. The molecule has 2 aromatic carbocycles. The van der Waals surface area contributed by atoms with Gasteiger partial charge in [0, 0.05) is 13.0 Å². The molecular weight excluding hydrogens is 280 g/mol. The largest absolute Gasteiger partial charge is 0.281 e. The van der Waals surface area contributed by atoms with E-state index in [4.69, 9.17) is 0 Å². The van der Waals surface area contributed by atoms with E-state index in [1.54, 1.807) is 0 Å². The van der Waals surface area contributed by atoms with E-state index in [-0.39, 0.29) is 0 Å². The molecular formula is C21H22N2. The van der Waals surface area contributed by atoms with Gasteiger partial charge < -0.3 is 0 Å². The number of nitrogens with zero attached hydrogens (tertiary/aromatic N) is 2. The molecule has 0 aliphatic carbocycles. The molecule has 0 amide bonds. The summed E-state index contributed by atoms with van der Waals surface area (Å²) in [6.45, 7) is 4.46. The van der Waals surface area contributed by atoms with Crippen LogP contribution in [-0.4, -0.2) is 18.5 Å². The predicted octanol–water partition coefficient (Wildman–Crippen LogP) is 4.63. The fourth-order valence-corrected chi connectivity index (χ4v) is 2.68. The first kappa shape index (κ1) is 16.7. The zero-order chi connectivity index (χ0) is 16.5. The van der Waals surface area contributed by atoms with Crippen LogP contribution in [0, 0.1) is 11.3 Å². The molecule has 116 valence electrons. The average molecular weight is 302 g/mol. The molecule has 23 heavy (non-hydrogen) atoms. The van der Waals surface area contributed by atoms with Gasteiger partial charge >= 0.3 is 0 Å². The molecule has 0 saturated carbocycles. The Morgan fingerprint density at radius 1 is 1.09 bits per heavy atom. The molecule has 0 radical (unpaired) electrons. The Morgan fingerprint density at radius 2 is 1.70 bits per heavy atom. The summed E-state index contributed by atoms with van der Waals surface area (Å²) in [7, 11) is 1.97. The van der Waals surface area contributed by atoms with Gasteiger partial charge in [0.1, 0.15) is 5.54 Å². The lowest BCUT2D eigenvalue weighted by Crippen LogP contribution is -2.42. The van der Waals surface area contributed by atoms with Crippen molar-refractivity contribution < 1.29 is 0 Å². The molecule has 0 bridgehead atoms. The van der Waals surface area contributed by atoms with E-state index >= 15 is 0 Å². The molecule has 1 unspecified atom stereocenters. The number of hydrogen-bond donors (Lipinski definition) is 0. The van der Waals surface area contributed by atoms with Crippen LogP contribution in [0.4, 0.5) is 0 Å². The van der Waals surface area contributed by atoms with Crippen LogP contribution in [0.25, 0.3) is 6.08 Å². The van der Waals surface area contributed by atoms with Crippen molar-refractivity contribution in [1.82, 2.24) is 4.90 Å². The quantitative estimate of drug-likeness (QED) is 0.697. The Kier molecular flexibility index (Phi) is 5.91. The van der Waals surface area contributed by atoms with Crippen LogP contribution < -0.4 is 0 Å². The summed E-state index contributed by atoms with van der Waals surface area (Å²) < 4.78 is 0. The highest BCUT2D eigenvalue weighted by atomic mass is 15.2. The third-order valence-electron chi connectivity index (χ3n) is 4.01. The number of nitriles is 1. The SMILES string of the molecule is C=CCN(C)C(C#N)(CC=Cc1ccccc1)c1ccccc1. The van der Waals surface area contributed by atoms with Crippen molar-refractivity contribution in [3.8, 4) is 6.07 Å². The molecule has 0 saturated heterocycles. The summed E-state index contributed by atoms with van der Waals surface area (Å²) in [5.41, 5.74) is 1.45. The van der Waals surface area contributed by atoms with Crippen molar-refractivity contribution in [2.24, 2.45) is 0 Å². The summed E-state index contributed by atoms with van der Waals surface area (Å²) >= 11 is 0. The lowest BCUT2D eigenvalue weighted by Gasteiger charge is -2.35. The van der Waals surface area contributed by atoms with Gasteiger partial charge in [-0.2, -0.15) is 5.26 Å². The molecule has 0 heterocycles. The molecule has 2 aromatic rings. The summed E-state index contributed by atoms with van der Waals surface area (Å²) in [5.74, 6) is 0. The predicted molar refractivity (Wildman–Crippen MR) is 96.7 cm³/mol. The summed E-state index contributed by atoms with van der Waals surface area (Å²) in [6.07, 6.45) is 6.59. The van der Waals surface area contributed by atoms with Crippen LogP contribution in [-0.2, 0) is 5.54 Å². The zero-order valence-corrected chi connectivity index (χ0v) is 13.5. The molecule has 0 fully saturated rings. The molecule has 2 heteroatoms. The average Bonchev–Trinajstić information content (AvgIpc) is 2.61. The number of hydrogen-bond acceptors (Lipinski definition) is 2. The Labute approximate surface area is 139 Å². The van der Waals surface area contributed by atoms with Crippen LogP contribution in [0.3, 0.4) is 0 Å². The Hall–Kier alpha value is -2.63.